The highest BCUT2D eigenvalue weighted by Gasteiger charge is 2.02. The van der Waals surface area contributed by atoms with Crippen LogP contribution in [0.25, 0.3) is 0 Å². The number of aromatic nitrogens is 2. The van der Waals surface area contributed by atoms with Gasteiger partial charge in [0.1, 0.15) is 0 Å². The molecule has 0 saturated carbocycles. The van der Waals surface area contributed by atoms with Crippen LogP contribution >= 0.6 is 0 Å². The third-order valence-corrected chi connectivity index (χ3v) is 3.20. The van der Waals surface area contributed by atoms with Crippen LogP contribution in [0.3, 0.4) is 0 Å². The number of hydrogen-bond acceptors (Lipinski definition) is 4. The number of nitrogens with zero attached hydrogens (tertiary/aromatic N) is 2. The Morgan fingerprint density at radius 3 is 2.52 bits per heavy atom. The van der Waals surface area contributed by atoms with E-state index in [9.17, 15) is 0 Å². The minimum Gasteiger partial charge on any atom is -0.397 e. The molecule has 0 aliphatic rings. The largest absolute Gasteiger partial charge is 0.397 e. The Kier molecular flexibility index (Phi) is 3.47. The van der Waals surface area contributed by atoms with Gasteiger partial charge in [-0.15, -0.1) is 0 Å². The number of rotatable bonds is 4. The van der Waals surface area contributed by atoms with E-state index >= 15 is 0 Å². The summed E-state index contributed by atoms with van der Waals surface area (Å²) in [5.41, 5.74) is 15.7. The summed E-state index contributed by atoms with van der Waals surface area (Å²) in [6, 6.07) is 15.7. The quantitative estimate of drug-likeness (QED) is 0.641. The van der Waals surface area contributed by atoms with Gasteiger partial charge in [-0.1, -0.05) is 30.3 Å². The van der Waals surface area contributed by atoms with E-state index in [-0.39, 0.29) is 0 Å². The first-order valence-electron chi connectivity index (χ1n) is 6.69. The van der Waals surface area contributed by atoms with Crippen molar-refractivity contribution in [3.05, 3.63) is 66.5 Å². The fraction of sp³-hybridized carbons (Fsp3) is 0.0625. The Balaban J connectivity index is 1.71. The highest BCUT2D eigenvalue weighted by Crippen LogP contribution is 2.22. The first-order valence-corrected chi connectivity index (χ1v) is 6.69. The average Bonchev–Trinajstić information content (AvgIpc) is 2.91. The zero-order valence-electron chi connectivity index (χ0n) is 11.5. The van der Waals surface area contributed by atoms with Gasteiger partial charge >= 0.3 is 0 Å². The molecule has 0 amide bonds. The molecular formula is C16H17N5. The average molecular weight is 279 g/mol. The molecular weight excluding hydrogens is 262 g/mol. The topological polar surface area (TPSA) is 81.9 Å². The summed E-state index contributed by atoms with van der Waals surface area (Å²) in [5.74, 6) is 0. The Labute approximate surface area is 123 Å². The minimum absolute atomic E-state index is 0.566. The Morgan fingerprint density at radius 2 is 1.76 bits per heavy atom. The van der Waals surface area contributed by atoms with Gasteiger partial charge in [-0.25, -0.2) is 0 Å². The summed E-state index contributed by atoms with van der Waals surface area (Å²) in [6.07, 6.45) is 3.75. The van der Waals surface area contributed by atoms with Gasteiger partial charge in [0.2, 0.25) is 0 Å². The summed E-state index contributed by atoms with van der Waals surface area (Å²) in [7, 11) is 0. The zero-order chi connectivity index (χ0) is 14.7. The molecule has 0 saturated heterocycles. The third kappa shape index (κ3) is 3.14. The second-order valence-corrected chi connectivity index (χ2v) is 4.88. The first kappa shape index (κ1) is 13.1. The maximum Gasteiger partial charge on any atom is 0.0770 e. The number of nitrogens with two attached hydrogens (primary N) is 2. The van der Waals surface area contributed by atoms with Gasteiger partial charge in [0, 0.05) is 11.9 Å². The lowest BCUT2D eigenvalue weighted by molar-refractivity contribution is 0.687. The van der Waals surface area contributed by atoms with E-state index in [2.05, 4.69) is 22.5 Å². The summed E-state index contributed by atoms with van der Waals surface area (Å²) in [4.78, 5) is 0. The van der Waals surface area contributed by atoms with E-state index in [0.717, 1.165) is 17.9 Å². The van der Waals surface area contributed by atoms with Crippen LogP contribution in [0.2, 0.25) is 0 Å². The maximum absolute atomic E-state index is 5.80. The molecule has 5 nitrogen and oxygen atoms in total. The lowest BCUT2D eigenvalue weighted by Crippen LogP contribution is -1.99. The van der Waals surface area contributed by atoms with Crippen molar-refractivity contribution in [2.75, 3.05) is 16.8 Å². The molecule has 0 fully saturated rings. The van der Waals surface area contributed by atoms with Crippen LogP contribution in [0.5, 0.6) is 0 Å². The van der Waals surface area contributed by atoms with Crippen molar-refractivity contribution in [2.24, 2.45) is 0 Å². The van der Waals surface area contributed by atoms with Crippen molar-refractivity contribution in [2.45, 2.75) is 6.54 Å². The molecule has 5 heteroatoms. The van der Waals surface area contributed by atoms with Crippen molar-refractivity contribution in [3.8, 4) is 0 Å². The lowest BCUT2D eigenvalue weighted by Gasteiger charge is -2.06. The third-order valence-electron chi connectivity index (χ3n) is 3.20. The van der Waals surface area contributed by atoms with Crippen molar-refractivity contribution < 1.29 is 0 Å². The summed E-state index contributed by atoms with van der Waals surface area (Å²) < 4.78 is 1.89. The first-order chi connectivity index (χ1) is 10.2. The molecule has 0 aliphatic carbocycles. The highest BCUT2D eigenvalue weighted by atomic mass is 15.3. The highest BCUT2D eigenvalue weighted by molar-refractivity contribution is 5.71. The van der Waals surface area contributed by atoms with E-state index in [0.29, 0.717) is 11.4 Å². The molecule has 1 aromatic heterocycles. The molecule has 0 unspecified atom stereocenters. The van der Waals surface area contributed by atoms with Crippen LogP contribution < -0.4 is 16.8 Å². The van der Waals surface area contributed by atoms with Gasteiger partial charge in [-0.2, -0.15) is 5.10 Å². The number of hydrogen-bond donors (Lipinski definition) is 3. The molecule has 0 aliphatic heterocycles. The van der Waals surface area contributed by atoms with E-state index in [4.69, 9.17) is 11.5 Å². The van der Waals surface area contributed by atoms with Gasteiger partial charge < -0.3 is 16.8 Å². The predicted octanol–water partition coefficient (Wildman–Crippen LogP) is 2.84. The number of nitrogen functional groups attached to an aromatic ring is 2. The standard InChI is InChI=1S/C16H17N5/c17-15-7-6-13(8-16(15)18)20-14-9-19-21(11-14)10-12-4-2-1-3-5-12/h1-9,11,20H,10,17-18H2. The molecule has 0 radical (unpaired) electrons. The fourth-order valence-corrected chi connectivity index (χ4v) is 2.10. The van der Waals surface area contributed by atoms with Gasteiger partial charge in [0.25, 0.3) is 0 Å². The molecule has 106 valence electrons. The van der Waals surface area contributed by atoms with Crippen LogP contribution in [0, 0.1) is 0 Å². The Hall–Kier alpha value is -2.95. The van der Waals surface area contributed by atoms with Crippen molar-refractivity contribution in [1.29, 1.82) is 0 Å². The number of nitrogens with one attached hydrogen (secondary N) is 1. The summed E-state index contributed by atoms with van der Waals surface area (Å²) >= 11 is 0. The molecule has 0 bridgehead atoms. The van der Waals surface area contributed by atoms with Crippen LogP contribution in [0.1, 0.15) is 5.56 Å². The second kappa shape index (κ2) is 5.58. The predicted molar refractivity (Wildman–Crippen MR) is 86.3 cm³/mol. The van der Waals surface area contributed by atoms with E-state index in [1.807, 2.05) is 41.2 Å². The van der Waals surface area contributed by atoms with Crippen molar-refractivity contribution >= 4 is 22.7 Å². The molecule has 3 aromatic rings. The van der Waals surface area contributed by atoms with Gasteiger partial charge in [0.15, 0.2) is 0 Å². The van der Waals surface area contributed by atoms with Crippen molar-refractivity contribution in [3.63, 3.8) is 0 Å². The number of benzene rings is 2. The zero-order valence-corrected chi connectivity index (χ0v) is 11.5. The van der Waals surface area contributed by atoms with E-state index in [1.54, 1.807) is 12.3 Å². The van der Waals surface area contributed by atoms with Gasteiger partial charge in [-0.05, 0) is 23.8 Å². The lowest BCUT2D eigenvalue weighted by atomic mass is 10.2. The molecule has 3 rings (SSSR count). The van der Waals surface area contributed by atoms with Crippen LogP contribution in [0.15, 0.2) is 60.9 Å². The Morgan fingerprint density at radius 1 is 0.952 bits per heavy atom. The van der Waals surface area contributed by atoms with Crippen molar-refractivity contribution in [1.82, 2.24) is 9.78 Å². The molecule has 21 heavy (non-hydrogen) atoms. The van der Waals surface area contributed by atoms with Crippen LogP contribution in [0.4, 0.5) is 22.7 Å². The smallest absolute Gasteiger partial charge is 0.0770 e. The molecule has 5 N–H and O–H groups in total. The normalized spacial score (nSPS) is 10.5. The molecule has 0 spiro atoms. The monoisotopic (exact) mass is 279 g/mol. The fourth-order valence-electron chi connectivity index (χ4n) is 2.10. The van der Waals surface area contributed by atoms with E-state index < -0.39 is 0 Å². The van der Waals surface area contributed by atoms with Gasteiger partial charge in [-0.3, -0.25) is 4.68 Å². The van der Waals surface area contributed by atoms with Crippen LogP contribution in [-0.2, 0) is 6.54 Å². The number of anilines is 4. The van der Waals surface area contributed by atoms with Gasteiger partial charge in [0.05, 0.1) is 29.8 Å². The summed E-state index contributed by atoms with van der Waals surface area (Å²) in [6.45, 7) is 0.742. The van der Waals surface area contributed by atoms with E-state index in [1.165, 1.54) is 5.56 Å². The minimum atomic E-state index is 0.566. The Bertz CT molecular complexity index is 733. The summed E-state index contributed by atoms with van der Waals surface area (Å²) in [5, 5.41) is 7.61. The van der Waals surface area contributed by atoms with Crippen LogP contribution in [-0.4, -0.2) is 9.78 Å². The molecule has 0 atom stereocenters. The SMILES string of the molecule is Nc1ccc(Nc2cnn(Cc3ccccc3)c2)cc1N. The molecule has 1 heterocycles. The maximum atomic E-state index is 5.80. The molecule has 2 aromatic carbocycles. The second-order valence-electron chi connectivity index (χ2n) is 4.88.